The van der Waals surface area contributed by atoms with E-state index < -0.39 is 17.4 Å². The van der Waals surface area contributed by atoms with E-state index in [1.54, 1.807) is 25.3 Å². The number of aryl methyl sites for hydroxylation is 1. The van der Waals surface area contributed by atoms with Crippen LogP contribution in [0.3, 0.4) is 0 Å². The van der Waals surface area contributed by atoms with Crippen LogP contribution in [0, 0.1) is 12.7 Å². The number of rotatable bonds is 4. The highest BCUT2D eigenvalue weighted by Crippen LogP contribution is 2.32. The number of hydrogen-bond donors (Lipinski definition) is 2. The molecule has 0 aliphatic heterocycles. The minimum Gasteiger partial charge on any atom is -0.480 e. The molecule has 1 fully saturated rings. The van der Waals surface area contributed by atoms with Crippen LogP contribution in [0.15, 0.2) is 30.5 Å². The van der Waals surface area contributed by atoms with E-state index in [9.17, 15) is 19.1 Å². The third kappa shape index (κ3) is 2.69. The zero-order valence-corrected chi connectivity index (χ0v) is 12.5. The number of aliphatic carboxylic acids is 1. The van der Waals surface area contributed by atoms with Crippen LogP contribution in [0.25, 0.3) is 5.69 Å². The first-order chi connectivity index (χ1) is 10.9. The maximum atomic E-state index is 13.0. The Kier molecular flexibility index (Phi) is 3.63. The van der Waals surface area contributed by atoms with Gasteiger partial charge in [-0.15, -0.1) is 0 Å². The van der Waals surface area contributed by atoms with E-state index in [1.165, 1.54) is 16.8 Å². The van der Waals surface area contributed by atoms with Crippen LogP contribution < -0.4 is 5.32 Å². The highest BCUT2D eigenvalue weighted by molar-refractivity contribution is 5.97. The first-order valence-corrected chi connectivity index (χ1v) is 7.29. The van der Waals surface area contributed by atoms with Crippen LogP contribution in [0.4, 0.5) is 4.39 Å². The number of carboxylic acid groups (broad SMARTS) is 1. The van der Waals surface area contributed by atoms with Crippen LogP contribution >= 0.6 is 0 Å². The number of aromatic nitrogens is 2. The Balaban J connectivity index is 1.84. The summed E-state index contributed by atoms with van der Waals surface area (Å²) in [7, 11) is 0. The van der Waals surface area contributed by atoms with Crippen molar-refractivity contribution in [3.63, 3.8) is 0 Å². The summed E-state index contributed by atoms with van der Waals surface area (Å²) in [5, 5.41) is 16.1. The van der Waals surface area contributed by atoms with Crippen molar-refractivity contribution in [2.75, 3.05) is 0 Å². The summed E-state index contributed by atoms with van der Waals surface area (Å²) in [6, 6.07) is 5.71. The lowest BCUT2D eigenvalue weighted by Gasteiger charge is -2.38. The van der Waals surface area contributed by atoms with Crippen molar-refractivity contribution in [3.8, 4) is 5.69 Å². The Morgan fingerprint density at radius 3 is 2.48 bits per heavy atom. The van der Waals surface area contributed by atoms with Gasteiger partial charge < -0.3 is 10.4 Å². The molecule has 120 valence electrons. The van der Waals surface area contributed by atoms with Crippen molar-refractivity contribution < 1.29 is 19.1 Å². The molecule has 23 heavy (non-hydrogen) atoms. The first-order valence-electron chi connectivity index (χ1n) is 7.29. The summed E-state index contributed by atoms with van der Waals surface area (Å²) in [6.07, 6.45) is 3.27. The van der Waals surface area contributed by atoms with Gasteiger partial charge in [-0.3, -0.25) is 4.79 Å². The quantitative estimate of drug-likeness (QED) is 0.904. The van der Waals surface area contributed by atoms with E-state index in [-0.39, 0.29) is 11.5 Å². The van der Waals surface area contributed by atoms with Crippen LogP contribution in [0.2, 0.25) is 0 Å². The second-order valence-corrected chi connectivity index (χ2v) is 5.78. The number of carbonyl (C=O) groups excluding carboxylic acids is 1. The molecule has 0 unspecified atom stereocenters. The molecular formula is C16H16FN3O3. The van der Waals surface area contributed by atoms with Crippen molar-refractivity contribution in [1.82, 2.24) is 15.1 Å². The molecular weight excluding hydrogens is 301 g/mol. The molecule has 3 rings (SSSR count). The molecule has 1 aliphatic rings. The van der Waals surface area contributed by atoms with Crippen molar-refractivity contribution in [3.05, 3.63) is 47.5 Å². The average molecular weight is 317 g/mol. The predicted octanol–water partition coefficient (Wildman–Crippen LogP) is 2.06. The number of amides is 1. The summed E-state index contributed by atoms with van der Waals surface area (Å²) in [5.74, 6) is -1.89. The molecule has 2 aromatic rings. The normalized spacial score (nSPS) is 15.7. The third-order valence-electron chi connectivity index (χ3n) is 4.17. The van der Waals surface area contributed by atoms with Gasteiger partial charge in [0.05, 0.1) is 5.69 Å². The Morgan fingerprint density at radius 2 is 1.96 bits per heavy atom. The number of carboxylic acids is 1. The fourth-order valence-corrected chi connectivity index (χ4v) is 2.61. The maximum Gasteiger partial charge on any atom is 0.329 e. The number of nitrogens with zero attached hydrogens (tertiary/aromatic N) is 2. The number of benzene rings is 1. The van der Waals surface area contributed by atoms with Crippen molar-refractivity contribution in [1.29, 1.82) is 0 Å². The molecule has 0 bridgehead atoms. The predicted molar refractivity (Wildman–Crippen MR) is 79.9 cm³/mol. The molecule has 0 radical (unpaired) electrons. The van der Waals surface area contributed by atoms with Crippen molar-refractivity contribution in [2.24, 2.45) is 0 Å². The van der Waals surface area contributed by atoms with Gasteiger partial charge in [0.2, 0.25) is 0 Å². The summed E-state index contributed by atoms with van der Waals surface area (Å²) in [5.41, 5.74) is 0.224. The van der Waals surface area contributed by atoms with Gasteiger partial charge in [-0.1, -0.05) is 0 Å². The Bertz CT molecular complexity index is 763. The minimum atomic E-state index is -1.18. The second-order valence-electron chi connectivity index (χ2n) is 5.78. The van der Waals surface area contributed by atoms with Gasteiger partial charge in [0, 0.05) is 11.8 Å². The standard InChI is InChI=1S/C16H16FN3O3/c1-10-9-20(12-5-3-11(17)4-6-12)19-13(10)14(21)18-16(15(22)23)7-2-8-16/h3-6,9H,2,7-8H2,1H3,(H,18,21)(H,22,23). The Hall–Kier alpha value is -2.70. The molecule has 1 aliphatic carbocycles. The Labute approximate surface area is 131 Å². The summed E-state index contributed by atoms with van der Waals surface area (Å²) >= 11 is 0. The van der Waals surface area contributed by atoms with Gasteiger partial charge in [-0.05, 0) is 50.5 Å². The number of carbonyl (C=O) groups is 2. The van der Waals surface area contributed by atoms with E-state index in [0.29, 0.717) is 24.1 Å². The lowest BCUT2D eigenvalue weighted by Crippen LogP contribution is -2.59. The van der Waals surface area contributed by atoms with Crippen molar-refractivity contribution >= 4 is 11.9 Å². The van der Waals surface area contributed by atoms with E-state index >= 15 is 0 Å². The number of nitrogens with one attached hydrogen (secondary N) is 1. The molecule has 6 nitrogen and oxygen atoms in total. The molecule has 1 aromatic carbocycles. The lowest BCUT2D eigenvalue weighted by molar-refractivity contribution is -0.148. The smallest absolute Gasteiger partial charge is 0.329 e. The molecule has 1 saturated carbocycles. The van der Waals surface area contributed by atoms with Crippen LogP contribution in [0.5, 0.6) is 0 Å². The molecule has 0 spiro atoms. The molecule has 0 atom stereocenters. The summed E-state index contributed by atoms with van der Waals surface area (Å²) in [4.78, 5) is 23.7. The van der Waals surface area contributed by atoms with E-state index in [4.69, 9.17) is 0 Å². The largest absolute Gasteiger partial charge is 0.480 e. The highest BCUT2D eigenvalue weighted by Gasteiger charge is 2.46. The first kappa shape index (κ1) is 15.2. The van der Waals surface area contributed by atoms with Crippen LogP contribution in [0.1, 0.15) is 35.3 Å². The molecule has 0 saturated heterocycles. The second kappa shape index (κ2) is 5.49. The fourth-order valence-electron chi connectivity index (χ4n) is 2.61. The molecule has 1 heterocycles. The SMILES string of the molecule is Cc1cn(-c2ccc(F)cc2)nc1C(=O)NC1(C(=O)O)CCC1. The molecule has 2 N–H and O–H groups in total. The van der Waals surface area contributed by atoms with E-state index in [2.05, 4.69) is 10.4 Å². The van der Waals surface area contributed by atoms with Gasteiger partial charge in [0.15, 0.2) is 5.69 Å². The lowest BCUT2D eigenvalue weighted by atomic mass is 9.76. The van der Waals surface area contributed by atoms with Gasteiger partial charge in [-0.25, -0.2) is 13.9 Å². The van der Waals surface area contributed by atoms with Crippen LogP contribution in [-0.4, -0.2) is 32.3 Å². The van der Waals surface area contributed by atoms with Gasteiger partial charge in [0.1, 0.15) is 11.4 Å². The minimum absolute atomic E-state index is 0.168. The topological polar surface area (TPSA) is 84.2 Å². The Morgan fingerprint density at radius 1 is 1.30 bits per heavy atom. The zero-order valence-electron chi connectivity index (χ0n) is 12.5. The fraction of sp³-hybridized carbons (Fsp3) is 0.312. The van der Waals surface area contributed by atoms with E-state index in [1.807, 2.05) is 0 Å². The van der Waals surface area contributed by atoms with Crippen molar-refractivity contribution in [2.45, 2.75) is 31.7 Å². The monoisotopic (exact) mass is 317 g/mol. The average Bonchev–Trinajstić information content (AvgIpc) is 2.85. The molecule has 1 amide bonds. The van der Waals surface area contributed by atoms with Gasteiger partial charge >= 0.3 is 5.97 Å². The highest BCUT2D eigenvalue weighted by atomic mass is 19.1. The third-order valence-corrected chi connectivity index (χ3v) is 4.17. The maximum absolute atomic E-state index is 13.0. The molecule has 1 aromatic heterocycles. The number of halogens is 1. The van der Waals surface area contributed by atoms with Crippen LogP contribution in [-0.2, 0) is 4.79 Å². The van der Waals surface area contributed by atoms with Gasteiger partial charge in [0.25, 0.3) is 5.91 Å². The number of hydrogen-bond acceptors (Lipinski definition) is 3. The summed E-state index contributed by atoms with van der Waals surface area (Å²) in [6.45, 7) is 1.72. The zero-order chi connectivity index (χ0) is 16.6. The van der Waals surface area contributed by atoms with Gasteiger partial charge in [-0.2, -0.15) is 5.10 Å². The summed E-state index contributed by atoms with van der Waals surface area (Å²) < 4.78 is 14.4. The van der Waals surface area contributed by atoms with E-state index in [0.717, 1.165) is 6.42 Å². The molecule has 7 heteroatoms.